The molecule has 1 saturated carbocycles. The van der Waals surface area contributed by atoms with Gasteiger partial charge in [-0.15, -0.1) is 5.10 Å². The van der Waals surface area contributed by atoms with Crippen LogP contribution in [0.4, 0.5) is 0 Å². The monoisotopic (exact) mass is 358 g/mol. The highest BCUT2D eigenvalue weighted by Crippen LogP contribution is 2.36. The molecule has 1 amide bonds. The van der Waals surface area contributed by atoms with Crippen LogP contribution in [0.3, 0.4) is 0 Å². The number of benzene rings is 1. The number of hydrogen-bond acceptors (Lipinski definition) is 4. The first-order valence-corrected chi connectivity index (χ1v) is 9.24. The van der Waals surface area contributed by atoms with E-state index in [2.05, 4.69) is 17.3 Å². The SMILES string of the molecule is CCCCC(=O)NCCn1nc(-c2ccc(OC)cc2)n(C2CC2)c1=O. The molecule has 0 unspecified atom stereocenters. The second kappa shape index (κ2) is 8.21. The van der Waals surface area contributed by atoms with Gasteiger partial charge in [0.25, 0.3) is 0 Å². The van der Waals surface area contributed by atoms with Crippen molar-refractivity contribution in [3.05, 3.63) is 34.7 Å². The van der Waals surface area contributed by atoms with Crippen LogP contribution < -0.4 is 15.7 Å². The molecular formula is C19H26N4O3. The molecule has 7 nitrogen and oxygen atoms in total. The molecule has 0 atom stereocenters. The third-order valence-electron chi connectivity index (χ3n) is 4.53. The van der Waals surface area contributed by atoms with E-state index in [1.165, 1.54) is 4.68 Å². The summed E-state index contributed by atoms with van der Waals surface area (Å²) in [5.74, 6) is 1.47. The minimum atomic E-state index is -0.110. The Morgan fingerprint density at radius 1 is 1.31 bits per heavy atom. The fourth-order valence-electron chi connectivity index (χ4n) is 2.89. The van der Waals surface area contributed by atoms with E-state index in [-0.39, 0.29) is 17.6 Å². The summed E-state index contributed by atoms with van der Waals surface area (Å²) in [5.41, 5.74) is 0.779. The van der Waals surface area contributed by atoms with E-state index >= 15 is 0 Å². The van der Waals surface area contributed by atoms with Gasteiger partial charge in [-0.05, 0) is 43.5 Å². The Kier molecular flexibility index (Phi) is 5.75. The second-order valence-corrected chi connectivity index (χ2v) is 6.61. The Labute approximate surface area is 153 Å². The average Bonchev–Trinajstić information content (AvgIpc) is 3.44. The highest BCUT2D eigenvalue weighted by molar-refractivity contribution is 5.75. The number of rotatable bonds is 9. The van der Waals surface area contributed by atoms with Gasteiger partial charge in [0.2, 0.25) is 5.91 Å². The van der Waals surface area contributed by atoms with E-state index in [0.717, 1.165) is 37.0 Å². The number of carbonyl (C=O) groups excluding carboxylic acids is 1. The van der Waals surface area contributed by atoms with E-state index in [4.69, 9.17) is 4.74 Å². The number of carbonyl (C=O) groups is 1. The summed E-state index contributed by atoms with van der Waals surface area (Å²) in [5, 5.41) is 7.39. The van der Waals surface area contributed by atoms with Gasteiger partial charge in [-0.25, -0.2) is 9.48 Å². The average molecular weight is 358 g/mol. The summed E-state index contributed by atoms with van der Waals surface area (Å²) in [6.45, 7) is 2.84. The Bertz CT molecular complexity index is 803. The smallest absolute Gasteiger partial charge is 0.346 e. The minimum Gasteiger partial charge on any atom is -0.497 e. The van der Waals surface area contributed by atoms with E-state index < -0.39 is 0 Å². The molecular weight excluding hydrogens is 332 g/mol. The van der Waals surface area contributed by atoms with Gasteiger partial charge in [-0.2, -0.15) is 0 Å². The number of nitrogens with zero attached hydrogens (tertiary/aromatic N) is 3. The molecule has 1 fully saturated rings. The fourth-order valence-corrected chi connectivity index (χ4v) is 2.89. The van der Waals surface area contributed by atoms with Crippen molar-refractivity contribution in [2.24, 2.45) is 0 Å². The molecule has 1 aromatic carbocycles. The van der Waals surface area contributed by atoms with Crippen molar-refractivity contribution in [1.82, 2.24) is 19.7 Å². The Morgan fingerprint density at radius 3 is 2.65 bits per heavy atom. The summed E-state index contributed by atoms with van der Waals surface area (Å²) >= 11 is 0. The van der Waals surface area contributed by atoms with Crippen molar-refractivity contribution < 1.29 is 9.53 Å². The predicted molar refractivity (Wildman–Crippen MR) is 99.3 cm³/mol. The van der Waals surface area contributed by atoms with Crippen LogP contribution in [0.1, 0.15) is 45.1 Å². The zero-order valence-corrected chi connectivity index (χ0v) is 15.4. The van der Waals surface area contributed by atoms with Gasteiger partial charge in [0, 0.05) is 24.6 Å². The number of nitrogens with one attached hydrogen (secondary N) is 1. The lowest BCUT2D eigenvalue weighted by molar-refractivity contribution is -0.121. The van der Waals surface area contributed by atoms with Gasteiger partial charge < -0.3 is 10.1 Å². The minimum absolute atomic E-state index is 0.0249. The number of hydrogen-bond donors (Lipinski definition) is 1. The molecule has 3 rings (SSSR count). The Hall–Kier alpha value is -2.57. The molecule has 1 aliphatic carbocycles. The second-order valence-electron chi connectivity index (χ2n) is 6.61. The standard InChI is InChI=1S/C19H26N4O3/c1-3-4-5-17(24)20-12-13-22-19(25)23(15-8-9-15)18(21-22)14-6-10-16(26-2)11-7-14/h6-7,10-11,15H,3-5,8-9,12-13H2,1-2H3,(H,20,24). The van der Waals surface area contributed by atoms with E-state index in [9.17, 15) is 9.59 Å². The number of unbranched alkanes of at least 4 members (excludes halogenated alkanes) is 1. The Balaban J connectivity index is 1.75. The van der Waals surface area contributed by atoms with Crippen molar-refractivity contribution in [1.29, 1.82) is 0 Å². The quantitative estimate of drug-likeness (QED) is 0.746. The van der Waals surface area contributed by atoms with E-state index in [1.54, 1.807) is 11.7 Å². The summed E-state index contributed by atoms with van der Waals surface area (Å²) < 4.78 is 8.43. The van der Waals surface area contributed by atoms with Crippen LogP contribution in [-0.4, -0.2) is 33.9 Å². The van der Waals surface area contributed by atoms with E-state index in [1.807, 2.05) is 24.3 Å². The fraction of sp³-hybridized carbons (Fsp3) is 0.526. The lowest BCUT2D eigenvalue weighted by Crippen LogP contribution is -2.32. The predicted octanol–water partition coefficient (Wildman–Crippen LogP) is 2.36. The lowest BCUT2D eigenvalue weighted by Gasteiger charge is -2.04. The van der Waals surface area contributed by atoms with E-state index in [0.29, 0.717) is 25.3 Å². The first-order chi connectivity index (χ1) is 12.6. The maximum Gasteiger partial charge on any atom is 0.346 e. The van der Waals surface area contributed by atoms with Crippen LogP contribution in [0.5, 0.6) is 5.75 Å². The molecule has 1 aromatic heterocycles. The van der Waals surface area contributed by atoms with Crippen LogP contribution in [-0.2, 0) is 11.3 Å². The van der Waals surface area contributed by atoms with Crippen LogP contribution in [0.25, 0.3) is 11.4 Å². The zero-order valence-electron chi connectivity index (χ0n) is 15.4. The third-order valence-corrected chi connectivity index (χ3v) is 4.53. The highest BCUT2D eigenvalue weighted by Gasteiger charge is 2.30. The van der Waals surface area contributed by atoms with Crippen LogP contribution in [0.2, 0.25) is 0 Å². The molecule has 0 radical (unpaired) electrons. The van der Waals surface area contributed by atoms with Crippen molar-refractivity contribution in [2.45, 2.75) is 51.6 Å². The molecule has 26 heavy (non-hydrogen) atoms. The molecule has 1 N–H and O–H groups in total. The maximum atomic E-state index is 12.7. The molecule has 1 aliphatic rings. The van der Waals surface area contributed by atoms with Crippen LogP contribution in [0.15, 0.2) is 29.1 Å². The number of amides is 1. The summed E-state index contributed by atoms with van der Waals surface area (Å²) in [6.07, 6.45) is 4.40. The normalized spacial score (nSPS) is 13.6. The molecule has 0 aliphatic heterocycles. The van der Waals surface area contributed by atoms with Crippen molar-refractivity contribution in [3.63, 3.8) is 0 Å². The molecule has 0 saturated heterocycles. The molecule has 140 valence electrons. The van der Waals surface area contributed by atoms with Crippen LogP contribution in [0, 0.1) is 0 Å². The lowest BCUT2D eigenvalue weighted by atomic mass is 10.2. The third kappa shape index (κ3) is 4.15. The summed E-state index contributed by atoms with van der Waals surface area (Å²) in [6, 6.07) is 7.79. The first-order valence-electron chi connectivity index (χ1n) is 9.24. The zero-order chi connectivity index (χ0) is 18.5. The summed E-state index contributed by atoms with van der Waals surface area (Å²) in [4.78, 5) is 24.5. The Morgan fingerprint density at radius 2 is 2.04 bits per heavy atom. The highest BCUT2D eigenvalue weighted by atomic mass is 16.5. The first kappa shape index (κ1) is 18.2. The number of methoxy groups -OCH3 is 1. The van der Waals surface area contributed by atoms with Crippen molar-refractivity contribution in [3.8, 4) is 17.1 Å². The van der Waals surface area contributed by atoms with Crippen molar-refractivity contribution in [2.75, 3.05) is 13.7 Å². The molecule has 0 spiro atoms. The molecule has 0 bridgehead atoms. The number of ether oxygens (including phenoxy) is 1. The van der Waals surface area contributed by atoms with Crippen LogP contribution >= 0.6 is 0 Å². The van der Waals surface area contributed by atoms with Gasteiger partial charge in [0.15, 0.2) is 5.82 Å². The van der Waals surface area contributed by atoms with Gasteiger partial charge in [-0.3, -0.25) is 9.36 Å². The molecule has 2 aromatic rings. The van der Waals surface area contributed by atoms with Gasteiger partial charge >= 0.3 is 5.69 Å². The number of aromatic nitrogens is 3. The van der Waals surface area contributed by atoms with Gasteiger partial charge in [-0.1, -0.05) is 13.3 Å². The maximum absolute atomic E-state index is 12.7. The van der Waals surface area contributed by atoms with Gasteiger partial charge in [0.1, 0.15) is 5.75 Å². The molecule has 1 heterocycles. The van der Waals surface area contributed by atoms with Crippen molar-refractivity contribution >= 4 is 5.91 Å². The van der Waals surface area contributed by atoms with Gasteiger partial charge in [0.05, 0.1) is 13.7 Å². The largest absolute Gasteiger partial charge is 0.497 e. The topological polar surface area (TPSA) is 78.2 Å². The molecule has 7 heteroatoms. The summed E-state index contributed by atoms with van der Waals surface area (Å²) in [7, 11) is 1.62.